The molecule has 0 unspecified atom stereocenters. The van der Waals surface area contributed by atoms with Gasteiger partial charge >= 0.3 is 0 Å². The topological polar surface area (TPSA) is 66.5 Å². The smallest absolute Gasteiger partial charge is 0.264 e. The van der Waals surface area contributed by atoms with Crippen molar-refractivity contribution in [1.82, 2.24) is 4.90 Å². The molecule has 0 radical (unpaired) electrons. The normalized spacial score (nSPS) is 15.0. The lowest BCUT2D eigenvalue weighted by Gasteiger charge is -2.26. The molecular weight excluding hydrogens is 440 g/mol. The van der Waals surface area contributed by atoms with Crippen molar-refractivity contribution in [3.8, 4) is 6.07 Å². The Kier molecular flexibility index (Phi) is 6.43. The van der Waals surface area contributed by atoms with Crippen LogP contribution < -0.4 is 0 Å². The predicted octanol–water partition coefficient (Wildman–Crippen LogP) is 4.61. The average Bonchev–Trinajstić information content (AvgIpc) is 3.01. The minimum atomic E-state index is -0.310. The summed E-state index contributed by atoms with van der Waals surface area (Å²) in [7, 11) is 0. The Morgan fingerprint density at radius 2 is 2.00 bits per heavy atom. The molecule has 0 atom stereocenters. The fourth-order valence-electron chi connectivity index (χ4n) is 2.34. The molecule has 1 saturated heterocycles. The SMILES string of the molecule is N#C/C(=C\c1cc(Br)c(Sc2ccc(Cl)cc2)o1)C(=O)N1CCOCC1. The molecule has 2 aromatic rings. The highest BCUT2D eigenvalue weighted by atomic mass is 79.9. The maximum absolute atomic E-state index is 12.5. The van der Waals surface area contributed by atoms with Gasteiger partial charge in [0, 0.05) is 29.1 Å². The molecule has 0 N–H and O–H groups in total. The minimum absolute atomic E-state index is 0.0381. The van der Waals surface area contributed by atoms with E-state index in [0.717, 1.165) is 9.37 Å². The van der Waals surface area contributed by atoms with E-state index in [9.17, 15) is 10.1 Å². The largest absolute Gasteiger partial charge is 0.449 e. The van der Waals surface area contributed by atoms with Crippen LogP contribution in [0.4, 0.5) is 0 Å². The lowest BCUT2D eigenvalue weighted by Crippen LogP contribution is -2.41. The van der Waals surface area contributed by atoms with Crippen molar-refractivity contribution in [2.75, 3.05) is 26.3 Å². The number of hydrogen-bond acceptors (Lipinski definition) is 5. The number of carbonyl (C=O) groups is 1. The number of nitrogens with zero attached hydrogens (tertiary/aromatic N) is 2. The van der Waals surface area contributed by atoms with Crippen LogP contribution in [-0.2, 0) is 9.53 Å². The van der Waals surface area contributed by atoms with Crippen molar-refractivity contribution in [3.05, 3.63) is 51.2 Å². The molecule has 1 amide bonds. The zero-order valence-corrected chi connectivity index (χ0v) is 16.7. The summed E-state index contributed by atoms with van der Waals surface area (Å²) >= 11 is 10.8. The van der Waals surface area contributed by atoms with Gasteiger partial charge in [0.1, 0.15) is 17.4 Å². The standard InChI is InChI=1S/C18H14BrClN2O3S/c19-16-10-14(25-18(16)26-15-3-1-13(20)2-4-15)9-12(11-21)17(23)22-5-7-24-8-6-22/h1-4,9-10H,5-8H2/b12-9+. The van der Waals surface area contributed by atoms with Crippen molar-refractivity contribution in [2.24, 2.45) is 0 Å². The minimum Gasteiger partial charge on any atom is -0.449 e. The van der Waals surface area contributed by atoms with E-state index < -0.39 is 0 Å². The van der Waals surface area contributed by atoms with Crippen LogP contribution in [-0.4, -0.2) is 37.1 Å². The van der Waals surface area contributed by atoms with E-state index in [1.807, 2.05) is 18.2 Å². The Bertz CT molecular complexity index is 868. The second kappa shape index (κ2) is 8.78. The molecule has 5 nitrogen and oxygen atoms in total. The van der Waals surface area contributed by atoms with Gasteiger partial charge in [-0.05, 0) is 46.3 Å². The van der Waals surface area contributed by atoms with Gasteiger partial charge in [-0.2, -0.15) is 5.26 Å². The Morgan fingerprint density at radius 3 is 2.65 bits per heavy atom. The highest BCUT2D eigenvalue weighted by Crippen LogP contribution is 2.36. The first kappa shape index (κ1) is 19.1. The zero-order chi connectivity index (χ0) is 18.5. The molecule has 1 aliphatic rings. The number of amides is 1. The van der Waals surface area contributed by atoms with Crippen molar-refractivity contribution in [1.29, 1.82) is 5.26 Å². The Balaban J connectivity index is 1.78. The third-order valence-electron chi connectivity index (χ3n) is 3.63. The van der Waals surface area contributed by atoms with Gasteiger partial charge in [-0.15, -0.1) is 0 Å². The van der Waals surface area contributed by atoms with Gasteiger partial charge in [0.2, 0.25) is 0 Å². The van der Waals surface area contributed by atoms with E-state index in [4.69, 9.17) is 20.8 Å². The van der Waals surface area contributed by atoms with E-state index in [1.165, 1.54) is 17.8 Å². The first-order valence-corrected chi connectivity index (χ1v) is 9.77. The van der Waals surface area contributed by atoms with Crippen LogP contribution >= 0.6 is 39.3 Å². The van der Waals surface area contributed by atoms with Crippen LogP contribution in [0.5, 0.6) is 0 Å². The zero-order valence-electron chi connectivity index (χ0n) is 13.6. The summed E-state index contributed by atoms with van der Waals surface area (Å²) < 4.78 is 11.8. The number of benzene rings is 1. The van der Waals surface area contributed by atoms with Gasteiger partial charge in [0.05, 0.1) is 17.7 Å². The Labute approximate surface area is 168 Å². The quantitative estimate of drug-likeness (QED) is 0.499. The van der Waals surface area contributed by atoms with Crippen LogP contribution in [0.1, 0.15) is 5.76 Å². The lowest BCUT2D eigenvalue weighted by atomic mass is 10.2. The molecule has 2 heterocycles. The van der Waals surface area contributed by atoms with Crippen LogP contribution in [0.25, 0.3) is 6.08 Å². The second-order valence-corrected chi connectivity index (χ2v) is 7.75. The Morgan fingerprint density at radius 1 is 1.31 bits per heavy atom. The molecule has 8 heteroatoms. The fourth-order valence-corrected chi connectivity index (χ4v) is 3.80. The van der Waals surface area contributed by atoms with Gasteiger partial charge in [-0.1, -0.05) is 23.4 Å². The van der Waals surface area contributed by atoms with Crippen molar-refractivity contribution < 1.29 is 13.9 Å². The van der Waals surface area contributed by atoms with Gasteiger partial charge in [-0.25, -0.2) is 0 Å². The van der Waals surface area contributed by atoms with Crippen LogP contribution in [0.2, 0.25) is 5.02 Å². The highest BCUT2D eigenvalue weighted by Gasteiger charge is 2.21. The molecule has 3 rings (SSSR count). The number of halogens is 2. The summed E-state index contributed by atoms with van der Waals surface area (Å²) in [4.78, 5) is 15.0. The van der Waals surface area contributed by atoms with Gasteiger partial charge in [0.25, 0.3) is 5.91 Å². The van der Waals surface area contributed by atoms with Crippen LogP contribution in [0.15, 0.2) is 54.8 Å². The Hall–Kier alpha value is -1.72. The first-order valence-electron chi connectivity index (χ1n) is 7.78. The lowest BCUT2D eigenvalue weighted by molar-refractivity contribution is -0.130. The summed E-state index contributed by atoms with van der Waals surface area (Å²) in [5.41, 5.74) is 0.0381. The summed E-state index contributed by atoms with van der Waals surface area (Å²) in [5.74, 6) is 0.127. The summed E-state index contributed by atoms with van der Waals surface area (Å²) in [6, 6.07) is 11.1. The molecule has 134 valence electrons. The molecule has 0 saturated carbocycles. The van der Waals surface area contributed by atoms with E-state index >= 15 is 0 Å². The molecule has 0 aliphatic carbocycles. The van der Waals surface area contributed by atoms with E-state index in [-0.39, 0.29) is 11.5 Å². The summed E-state index contributed by atoms with van der Waals surface area (Å²) in [5, 5.41) is 10.7. The molecule has 26 heavy (non-hydrogen) atoms. The maximum atomic E-state index is 12.5. The third-order valence-corrected chi connectivity index (χ3v) is 5.73. The van der Waals surface area contributed by atoms with Gasteiger partial charge < -0.3 is 14.1 Å². The number of rotatable bonds is 4. The van der Waals surface area contributed by atoms with Gasteiger partial charge in [-0.3, -0.25) is 4.79 Å². The van der Waals surface area contributed by atoms with E-state index in [1.54, 1.807) is 23.1 Å². The average molecular weight is 454 g/mol. The monoisotopic (exact) mass is 452 g/mol. The molecule has 0 spiro atoms. The number of furan rings is 1. The number of morpholine rings is 1. The molecule has 1 fully saturated rings. The summed E-state index contributed by atoms with van der Waals surface area (Å²) in [6.45, 7) is 1.94. The number of carbonyl (C=O) groups excluding carboxylic acids is 1. The van der Waals surface area contributed by atoms with Crippen molar-refractivity contribution >= 4 is 51.3 Å². The number of nitriles is 1. The predicted molar refractivity (Wildman–Crippen MR) is 103 cm³/mol. The van der Waals surface area contributed by atoms with E-state index in [0.29, 0.717) is 42.2 Å². The van der Waals surface area contributed by atoms with E-state index in [2.05, 4.69) is 15.9 Å². The molecule has 0 bridgehead atoms. The molecule has 1 aliphatic heterocycles. The highest BCUT2D eigenvalue weighted by molar-refractivity contribution is 9.10. The second-order valence-electron chi connectivity index (χ2n) is 5.41. The fraction of sp³-hybridized carbons (Fsp3) is 0.222. The summed E-state index contributed by atoms with van der Waals surface area (Å²) in [6.07, 6.45) is 1.47. The molecular formula is C18H14BrClN2O3S. The number of hydrogen-bond donors (Lipinski definition) is 0. The van der Waals surface area contributed by atoms with Gasteiger partial charge in [0.15, 0.2) is 5.09 Å². The third kappa shape index (κ3) is 4.71. The maximum Gasteiger partial charge on any atom is 0.264 e. The van der Waals surface area contributed by atoms with Crippen molar-refractivity contribution in [2.45, 2.75) is 9.99 Å². The first-order chi connectivity index (χ1) is 12.6. The molecule has 1 aromatic heterocycles. The van der Waals surface area contributed by atoms with Crippen molar-refractivity contribution in [3.63, 3.8) is 0 Å². The van der Waals surface area contributed by atoms with Crippen LogP contribution in [0, 0.1) is 11.3 Å². The number of ether oxygens (including phenoxy) is 1. The van der Waals surface area contributed by atoms with Crippen LogP contribution in [0.3, 0.4) is 0 Å². The molecule has 1 aromatic carbocycles.